The molecule has 0 spiro atoms. The highest BCUT2D eigenvalue weighted by atomic mass is 16.5. The van der Waals surface area contributed by atoms with E-state index in [1.54, 1.807) is 0 Å². The van der Waals surface area contributed by atoms with Gasteiger partial charge in [0, 0.05) is 10.9 Å². The standard InChI is InChI=1S/C27H26N2O2/c1-4-31-22-14-12-20(13-15-22)19(3)28-27(30)24-17-26(21-9-7-8-18(2)16-21)29-25-11-6-5-10-23(24)25/h5-17,19H,4H2,1-3H3,(H,28,30). The van der Waals surface area contributed by atoms with Crippen LogP contribution in [0.15, 0.2) is 78.9 Å². The first-order valence-electron chi connectivity index (χ1n) is 10.6. The Morgan fingerprint density at radius 1 is 1.00 bits per heavy atom. The molecule has 0 radical (unpaired) electrons. The van der Waals surface area contributed by atoms with E-state index < -0.39 is 0 Å². The maximum Gasteiger partial charge on any atom is 0.252 e. The summed E-state index contributed by atoms with van der Waals surface area (Å²) in [4.78, 5) is 18.1. The van der Waals surface area contributed by atoms with Gasteiger partial charge in [-0.15, -0.1) is 0 Å². The number of benzene rings is 3. The summed E-state index contributed by atoms with van der Waals surface area (Å²) in [7, 11) is 0. The van der Waals surface area contributed by atoms with Crippen LogP contribution in [0.3, 0.4) is 0 Å². The van der Waals surface area contributed by atoms with E-state index in [0.29, 0.717) is 12.2 Å². The van der Waals surface area contributed by atoms with Crippen LogP contribution in [-0.2, 0) is 0 Å². The number of aryl methyl sites for hydroxylation is 1. The summed E-state index contributed by atoms with van der Waals surface area (Å²) in [6.45, 7) is 6.62. The van der Waals surface area contributed by atoms with Gasteiger partial charge in [-0.2, -0.15) is 0 Å². The molecule has 0 aliphatic carbocycles. The van der Waals surface area contributed by atoms with Gasteiger partial charge in [0.15, 0.2) is 0 Å². The van der Waals surface area contributed by atoms with Gasteiger partial charge in [0.2, 0.25) is 0 Å². The minimum absolute atomic E-state index is 0.117. The highest BCUT2D eigenvalue weighted by Crippen LogP contribution is 2.26. The topological polar surface area (TPSA) is 51.2 Å². The highest BCUT2D eigenvalue weighted by molar-refractivity contribution is 6.07. The van der Waals surface area contributed by atoms with Crippen molar-refractivity contribution in [2.75, 3.05) is 6.61 Å². The predicted octanol–water partition coefficient (Wildman–Crippen LogP) is 6.10. The molecule has 1 N–H and O–H groups in total. The lowest BCUT2D eigenvalue weighted by atomic mass is 10.0. The Morgan fingerprint density at radius 2 is 1.77 bits per heavy atom. The van der Waals surface area contributed by atoms with Gasteiger partial charge in [-0.25, -0.2) is 4.98 Å². The van der Waals surface area contributed by atoms with E-state index in [9.17, 15) is 4.79 Å². The second kappa shape index (κ2) is 9.00. The van der Waals surface area contributed by atoms with E-state index in [2.05, 4.69) is 24.4 Å². The van der Waals surface area contributed by atoms with E-state index in [4.69, 9.17) is 9.72 Å². The first-order chi connectivity index (χ1) is 15.0. The van der Waals surface area contributed by atoms with Crippen molar-refractivity contribution in [1.29, 1.82) is 0 Å². The van der Waals surface area contributed by atoms with Gasteiger partial charge in [-0.05, 0) is 56.7 Å². The number of aromatic nitrogens is 1. The van der Waals surface area contributed by atoms with Crippen molar-refractivity contribution < 1.29 is 9.53 Å². The first-order valence-corrected chi connectivity index (χ1v) is 10.6. The number of pyridine rings is 1. The van der Waals surface area contributed by atoms with Crippen LogP contribution >= 0.6 is 0 Å². The second-order valence-corrected chi connectivity index (χ2v) is 7.64. The van der Waals surface area contributed by atoms with Crippen LogP contribution in [0.5, 0.6) is 5.75 Å². The Labute approximate surface area is 182 Å². The maximum absolute atomic E-state index is 13.3. The van der Waals surface area contributed by atoms with Crippen molar-refractivity contribution in [3.8, 4) is 17.0 Å². The van der Waals surface area contributed by atoms with Gasteiger partial charge in [0.25, 0.3) is 5.91 Å². The smallest absolute Gasteiger partial charge is 0.252 e. The van der Waals surface area contributed by atoms with Gasteiger partial charge in [0.1, 0.15) is 5.75 Å². The molecule has 4 heteroatoms. The summed E-state index contributed by atoms with van der Waals surface area (Å²) >= 11 is 0. The Hall–Kier alpha value is -3.66. The van der Waals surface area contributed by atoms with Crippen molar-refractivity contribution in [1.82, 2.24) is 10.3 Å². The summed E-state index contributed by atoms with van der Waals surface area (Å²) in [6, 6.07) is 25.5. The molecule has 31 heavy (non-hydrogen) atoms. The minimum Gasteiger partial charge on any atom is -0.494 e. The maximum atomic E-state index is 13.3. The molecule has 1 atom stereocenters. The van der Waals surface area contributed by atoms with Gasteiger partial charge in [0.05, 0.1) is 29.4 Å². The zero-order valence-corrected chi connectivity index (χ0v) is 18.1. The summed E-state index contributed by atoms with van der Waals surface area (Å²) < 4.78 is 5.51. The molecule has 4 rings (SSSR count). The SMILES string of the molecule is CCOc1ccc(C(C)NC(=O)c2cc(-c3cccc(C)c3)nc3ccccc23)cc1. The van der Waals surface area contributed by atoms with Crippen molar-refractivity contribution in [3.05, 3.63) is 95.6 Å². The van der Waals surface area contributed by atoms with Gasteiger partial charge in [-0.1, -0.05) is 54.1 Å². The van der Waals surface area contributed by atoms with Gasteiger partial charge in [-0.3, -0.25) is 4.79 Å². The summed E-state index contributed by atoms with van der Waals surface area (Å²) in [5.41, 5.74) is 5.40. The average molecular weight is 411 g/mol. The van der Waals surface area contributed by atoms with E-state index in [1.807, 2.05) is 80.6 Å². The lowest BCUT2D eigenvalue weighted by molar-refractivity contribution is 0.0941. The molecule has 0 aliphatic heterocycles. The Balaban J connectivity index is 1.66. The molecular weight excluding hydrogens is 384 g/mol. The number of rotatable bonds is 6. The molecule has 1 amide bonds. The third kappa shape index (κ3) is 4.58. The van der Waals surface area contributed by atoms with Gasteiger partial charge < -0.3 is 10.1 Å². The van der Waals surface area contributed by atoms with Gasteiger partial charge >= 0.3 is 0 Å². The number of carbonyl (C=O) groups is 1. The number of nitrogens with one attached hydrogen (secondary N) is 1. The molecular formula is C27H26N2O2. The second-order valence-electron chi connectivity index (χ2n) is 7.64. The fourth-order valence-electron chi connectivity index (χ4n) is 3.69. The number of carbonyl (C=O) groups excluding carboxylic acids is 1. The van der Waals surface area contributed by atoms with Crippen LogP contribution in [0.1, 0.15) is 41.4 Å². The fourth-order valence-corrected chi connectivity index (χ4v) is 3.69. The first kappa shape index (κ1) is 20.6. The third-order valence-corrected chi connectivity index (χ3v) is 5.31. The van der Waals surface area contributed by atoms with Crippen molar-refractivity contribution in [3.63, 3.8) is 0 Å². The molecule has 1 heterocycles. The molecule has 0 aliphatic rings. The number of nitrogens with zero attached hydrogens (tertiary/aromatic N) is 1. The number of hydrogen-bond acceptors (Lipinski definition) is 3. The molecule has 0 saturated heterocycles. The molecule has 1 unspecified atom stereocenters. The zero-order chi connectivity index (χ0) is 21.8. The van der Waals surface area contributed by atoms with E-state index in [1.165, 1.54) is 0 Å². The number of ether oxygens (including phenoxy) is 1. The van der Waals surface area contributed by atoms with Crippen LogP contribution in [0.25, 0.3) is 22.2 Å². The normalized spacial score (nSPS) is 11.8. The fraction of sp³-hybridized carbons (Fsp3) is 0.185. The van der Waals surface area contributed by atoms with Crippen LogP contribution < -0.4 is 10.1 Å². The zero-order valence-electron chi connectivity index (χ0n) is 18.1. The van der Waals surface area contributed by atoms with Crippen molar-refractivity contribution in [2.24, 2.45) is 0 Å². The molecule has 0 fully saturated rings. The van der Waals surface area contributed by atoms with E-state index >= 15 is 0 Å². The molecule has 156 valence electrons. The molecule has 4 nitrogen and oxygen atoms in total. The Morgan fingerprint density at radius 3 is 2.52 bits per heavy atom. The lowest BCUT2D eigenvalue weighted by Gasteiger charge is -2.16. The lowest BCUT2D eigenvalue weighted by Crippen LogP contribution is -2.27. The quantitative estimate of drug-likeness (QED) is 0.418. The highest BCUT2D eigenvalue weighted by Gasteiger charge is 2.17. The summed E-state index contributed by atoms with van der Waals surface area (Å²) in [6.07, 6.45) is 0. The van der Waals surface area contributed by atoms with Crippen molar-refractivity contribution in [2.45, 2.75) is 26.8 Å². The van der Waals surface area contributed by atoms with Crippen LogP contribution in [-0.4, -0.2) is 17.5 Å². The minimum atomic E-state index is -0.141. The summed E-state index contributed by atoms with van der Waals surface area (Å²) in [5.74, 6) is 0.710. The third-order valence-electron chi connectivity index (χ3n) is 5.31. The Bertz CT molecular complexity index is 1220. The van der Waals surface area contributed by atoms with Crippen molar-refractivity contribution >= 4 is 16.8 Å². The number of fused-ring (bicyclic) bond motifs is 1. The number of hydrogen-bond donors (Lipinski definition) is 1. The number of para-hydroxylation sites is 1. The average Bonchev–Trinajstić information content (AvgIpc) is 2.79. The number of amides is 1. The molecule has 1 aromatic heterocycles. The largest absolute Gasteiger partial charge is 0.494 e. The summed E-state index contributed by atoms with van der Waals surface area (Å²) in [5, 5.41) is 3.98. The predicted molar refractivity (Wildman–Crippen MR) is 125 cm³/mol. The molecule has 0 saturated carbocycles. The molecule has 4 aromatic rings. The molecule has 0 bridgehead atoms. The monoisotopic (exact) mass is 410 g/mol. The van der Waals surface area contributed by atoms with Crippen LogP contribution in [0.2, 0.25) is 0 Å². The Kier molecular flexibility index (Phi) is 5.99. The van der Waals surface area contributed by atoms with Crippen LogP contribution in [0.4, 0.5) is 0 Å². The molecule has 3 aromatic carbocycles. The van der Waals surface area contributed by atoms with E-state index in [-0.39, 0.29) is 11.9 Å². The van der Waals surface area contributed by atoms with Crippen LogP contribution in [0, 0.1) is 6.92 Å². The van der Waals surface area contributed by atoms with E-state index in [0.717, 1.165) is 39.0 Å².